The van der Waals surface area contributed by atoms with Gasteiger partial charge < -0.3 is 9.84 Å². The standard InChI is InChI=1S/C15H20N2O5/c1-9-6-10(2)8-12(7-9)22-11(3)15(21)17-16-13(18)4-5-14(19)20/h6-8,11H,4-5H2,1-3H3,(H,16,18)(H,17,21)(H,19,20)/t11-/m0/s1. The Bertz CT molecular complexity index is 551. The SMILES string of the molecule is Cc1cc(C)cc(O[C@@H](C)C(=O)NNC(=O)CCC(=O)O)c1. The maximum atomic E-state index is 11.8. The van der Waals surface area contributed by atoms with Crippen molar-refractivity contribution < 1.29 is 24.2 Å². The Hall–Kier alpha value is -2.57. The minimum Gasteiger partial charge on any atom is -0.481 e. The molecule has 0 unspecified atom stereocenters. The number of ether oxygens (including phenoxy) is 1. The Balaban J connectivity index is 2.44. The Morgan fingerprint density at radius 2 is 1.68 bits per heavy atom. The molecule has 0 heterocycles. The molecule has 0 aliphatic rings. The average molecular weight is 308 g/mol. The van der Waals surface area contributed by atoms with Crippen LogP contribution in [0.1, 0.15) is 30.9 Å². The lowest BCUT2D eigenvalue weighted by Crippen LogP contribution is -2.47. The Morgan fingerprint density at radius 3 is 2.23 bits per heavy atom. The highest BCUT2D eigenvalue weighted by molar-refractivity contribution is 5.85. The van der Waals surface area contributed by atoms with Gasteiger partial charge in [-0.05, 0) is 44.0 Å². The van der Waals surface area contributed by atoms with Gasteiger partial charge in [-0.2, -0.15) is 0 Å². The molecule has 0 fully saturated rings. The first kappa shape index (κ1) is 17.5. The molecule has 0 aromatic heterocycles. The molecule has 2 amide bonds. The molecule has 1 aromatic rings. The summed E-state index contributed by atoms with van der Waals surface area (Å²) >= 11 is 0. The second-order valence-electron chi connectivity index (χ2n) is 5.01. The normalized spacial score (nSPS) is 11.4. The second-order valence-corrected chi connectivity index (χ2v) is 5.01. The third-order valence-electron chi connectivity index (χ3n) is 2.77. The Labute approximate surface area is 128 Å². The van der Waals surface area contributed by atoms with Crippen molar-refractivity contribution in [3.63, 3.8) is 0 Å². The topological polar surface area (TPSA) is 105 Å². The molecular weight excluding hydrogens is 288 g/mol. The summed E-state index contributed by atoms with van der Waals surface area (Å²) in [6, 6.07) is 5.60. The maximum absolute atomic E-state index is 11.8. The van der Waals surface area contributed by atoms with Gasteiger partial charge >= 0.3 is 5.97 Å². The molecule has 22 heavy (non-hydrogen) atoms. The van der Waals surface area contributed by atoms with Crippen LogP contribution in [-0.4, -0.2) is 29.0 Å². The molecule has 0 radical (unpaired) electrons. The number of nitrogens with one attached hydrogen (secondary N) is 2. The summed E-state index contributed by atoms with van der Waals surface area (Å²) in [5, 5.41) is 8.45. The minimum absolute atomic E-state index is 0.206. The third-order valence-corrected chi connectivity index (χ3v) is 2.77. The highest BCUT2D eigenvalue weighted by Crippen LogP contribution is 2.17. The largest absolute Gasteiger partial charge is 0.481 e. The number of rotatable bonds is 6. The molecular formula is C15H20N2O5. The number of carboxylic acids is 1. The molecule has 1 aromatic carbocycles. The van der Waals surface area contributed by atoms with Gasteiger partial charge in [0.2, 0.25) is 5.91 Å². The predicted molar refractivity (Wildman–Crippen MR) is 79.2 cm³/mol. The maximum Gasteiger partial charge on any atom is 0.303 e. The lowest BCUT2D eigenvalue weighted by atomic mass is 10.1. The number of hydrogen-bond donors (Lipinski definition) is 3. The molecule has 0 saturated heterocycles. The van der Waals surface area contributed by atoms with Crippen LogP contribution >= 0.6 is 0 Å². The van der Waals surface area contributed by atoms with Crippen LogP contribution in [0.3, 0.4) is 0 Å². The van der Waals surface area contributed by atoms with Crippen molar-refractivity contribution in [3.05, 3.63) is 29.3 Å². The van der Waals surface area contributed by atoms with Gasteiger partial charge in [-0.25, -0.2) is 0 Å². The molecule has 3 N–H and O–H groups in total. The van der Waals surface area contributed by atoms with E-state index in [4.69, 9.17) is 9.84 Å². The predicted octanol–water partition coefficient (Wildman–Crippen LogP) is 1.08. The van der Waals surface area contributed by atoms with Gasteiger partial charge in [0, 0.05) is 6.42 Å². The first-order valence-corrected chi connectivity index (χ1v) is 6.83. The van der Waals surface area contributed by atoms with E-state index in [1.54, 1.807) is 6.92 Å². The summed E-state index contributed by atoms with van der Waals surface area (Å²) < 4.78 is 5.51. The molecule has 7 heteroatoms. The van der Waals surface area contributed by atoms with Crippen LogP contribution in [0.5, 0.6) is 5.75 Å². The number of carbonyl (C=O) groups is 3. The van der Waals surface area contributed by atoms with Crippen molar-refractivity contribution in [2.45, 2.75) is 39.7 Å². The van der Waals surface area contributed by atoms with Crippen molar-refractivity contribution >= 4 is 17.8 Å². The molecule has 0 aliphatic heterocycles. The van der Waals surface area contributed by atoms with Crippen molar-refractivity contribution in [2.24, 2.45) is 0 Å². The fourth-order valence-electron chi connectivity index (χ4n) is 1.77. The number of amides is 2. The monoisotopic (exact) mass is 308 g/mol. The summed E-state index contributed by atoms with van der Waals surface area (Å²) in [7, 11) is 0. The lowest BCUT2D eigenvalue weighted by Gasteiger charge is -2.16. The summed E-state index contributed by atoms with van der Waals surface area (Å²) in [4.78, 5) is 33.4. The van der Waals surface area contributed by atoms with E-state index in [-0.39, 0.29) is 12.8 Å². The van der Waals surface area contributed by atoms with Gasteiger partial charge in [0.05, 0.1) is 6.42 Å². The van der Waals surface area contributed by atoms with Crippen LogP contribution in [0.25, 0.3) is 0 Å². The molecule has 120 valence electrons. The van der Waals surface area contributed by atoms with E-state index in [1.807, 2.05) is 32.0 Å². The van der Waals surface area contributed by atoms with E-state index in [9.17, 15) is 14.4 Å². The minimum atomic E-state index is -1.08. The van der Waals surface area contributed by atoms with E-state index in [0.29, 0.717) is 5.75 Å². The summed E-state index contributed by atoms with van der Waals surface area (Å²) in [6.45, 7) is 5.40. The van der Waals surface area contributed by atoms with E-state index in [2.05, 4.69) is 10.9 Å². The van der Waals surface area contributed by atoms with Crippen LogP contribution in [0.15, 0.2) is 18.2 Å². The van der Waals surface area contributed by atoms with Crippen LogP contribution in [0, 0.1) is 13.8 Å². The first-order chi connectivity index (χ1) is 10.3. The summed E-state index contributed by atoms with van der Waals surface area (Å²) in [5.41, 5.74) is 6.38. The fourth-order valence-corrected chi connectivity index (χ4v) is 1.77. The van der Waals surface area contributed by atoms with Crippen LogP contribution in [0.2, 0.25) is 0 Å². The van der Waals surface area contributed by atoms with Gasteiger partial charge in [0.15, 0.2) is 6.10 Å². The second kappa shape index (κ2) is 8.02. The molecule has 0 aliphatic carbocycles. The first-order valence-electron chi connectivity index (χ1n) is 6.83. The molecule has 1 atom stereocenters. The van der Waals surface area contributed by atoms with Gasteiger partial charge in [-0.15, -0.1) is 0 Å². The van der Waals surface area contributed by atoms with Crippen LogP contribution < -0.4 is 15.6 Å². The van der Waals surface area contributed by atoms with Crippen LogP contribution in [-0.2, 0) is 14.4 Å². The quantitative estimate of drug-likeness (QED) is 0.682. The smallest absolute Gasteiger partial charge is 0.303 e. The van der Waals surface area contributed by atoms with Crippen molar-refractivity contribution in [1.29, 1.82) is 0 Å². The Morgan fingerprint density at radius 1 is 1.09 bits per heavy atom. The van der Waals surface area contributed by atoms with Crippen molar-refractivity contribution in [2.75, 3.05) is 0 Å². The number of carbonyl (C=O) groups excluding carboxylic acids is 2. The molecule has 1 rings (SSSR count). The molecule has 7 nitrogen and oxygen atoms in total. The average Bonchev–Trinajstić information content (AvgIpc) is 2.41. The number of hydrazine groups is 1. The summed E-state index contributed by atoms with van der Waals surface area (Å²) in [6.07, 6.45) is -1.31. The molecule has 0 saturated carbocycles. The fraction of sp³-hybridized carbons (Fsp3) is 0.400. The van der Waals surface area contributed by atoms with Crippen LogP contribution in [0.4, 0.5) is 0 Å². The van der Waals surface area contributed by atoms with Gasteiger partial charge in [0.1, 0.15) is 5.75 Å². The van der Waals surface area contributed by atoms with Gasteiger partial charge in [-0.1, -0.05) is 6.07 Å². The van der Waals surface area contributed by atoms with E-state index in [0.717, 1.165) is 11.1 Å². The zero-order chi connectivity index (χ0) is 16.7. The summed E-state index contributed by atoms with van der Waals surface area (Å²) in [5.74, 6) is -1.61. The highest BCUT2D eigenvalue weighted by Gasteiger charge is 2.16. The third kappa shape index (κ3) is 6.25. The number of carboxylic acid groups (broad SMARTS) is 1. The lowest BCUT2D eigenvalue weighted by molar-refractivity contribution is -0.139. The Kier molecular flexibility index (Phi) is 6.37. The zero-order valence-corrected chi connectivity index (χ0v) is 12.8. The highest BCUT2D eigenvalue weighted by atomic mass is 16.5. The number of hydrogen-bond acceptors (Lipinski definition) is 4. The molecule has 0 bridgehead atoms. The van der Waals surface area contributed by atoms with E-state index >= 15 is 0 Å². The number of aliphatic carboxylic acids is 1. The van der Waals surface area contributed by atoms with Gasteiger partial charge in [0.25, 0.3) is 5.91 Å². The molecule has 0 spiro atoms. The number of aryl methyl sites for hydroxylation is 2. The van der Waals surface area contributed by atoms with Gasteiger partial charge in [-0.3, -0.25) is 25.2 Å². The van der Waals surface area contributed by atoms with E-state index < -0.39 is 23.9 Å². The zero-order valence-electron chi connectivity index (χ0n) is 12.8. The number of benzene rings is 1. The van der Waals surface area contributed by atoms with Crippen molar-refractivity contribution in [3.8, 4) is 5.75 Å². The van der Waals surface area contributed by atoms with Crippen molar-refractivity contribution in [1.82, 2.24) is 10.9 Å². The van der Waals surface area contributed by atoms with E-state index in [1.165, 1.54) is 0 Å².